The number of rotatable bonds is 2. The Labute approximate surface area is 52.2 Å². The number of nitriles is 1. The van der Waals surface area contributed by atoms with Gasteiger partial charge in [-0.1, -0.05) is 6.58 Å². The molecule has 0 unspecified atom stereocenters. The molecular weight excluding hydrogens is 122 g/mol. The zero-order valence-electron chi connectivity index (χ0n) is 4.47. The number of allylic oxidation sites excluding steroid dienone is 1. The molecule has 0 aliphatic rings. The van der Waals surface area contributed by atoms with Gasteiger partial charge in [-0.2, -0.15) is 5.26 Å². The summed E-state index contributed by atoms with van der Waals surface area (Å²) in [4.78, 5) is 10.6. The first kappa shape index (κ1) is 7.25. The first-order valence-corrected chi connectivity index (χ1v) is 2.76. The van der Waals surface area contributed by atoms with Gasteiger partial charge >= 0.3 is 0 Å². The van der Waals surface area contributed by atoms with E-state index in [1.165, 1.54) is 6.92 Å². The second kappa shape index (κ2) is 3.28. The summed E-state index contributed by atoms with van der Waals surface area (Å²) < 4.78 is 0. The van der Waals surface area contributed by atoms with Crippen molar-refractivity contribution in [3.8, 4) is 5.40 Å². The highest BCUT2D eigenvalue weighted by Crippen LogP contribution is 2.10. The minimum atomic E-state index is -0.142. The van der Waals surface area contributed by atoms with Crippen LogP contribution in [0.2, 0.25) is 0 Å². The van der Waals surface area contributed by atoms with Crippen molar-refractivity contribution < 1.29 is 4.79 Å². The summed E-state index contributed by atoms with van der Waals surface area (Å²) in [5, 5.41) is 9.73. The zero-order chi connectivity index (χ0) is 6.57. The Hall–Kier alpha value is -0.750. The van der Waals surface area contributed by atoms with Gasteiger partial charge in [0.05, 0.1) is 4.91 Å². The van der Waals surface area contributed by atoms with Crippen LogP contribution in [0.5, 0.6) is 0 Å². The van der Waals surface area contributed by atoms with Crippen molar-refractivity contribution in [2.45, 2.75) is 6.92 Å². The van der Waals surface area contributed by atoms with Gasteiger partial charge in [-0.05, 0) is 18.7 Å². The van der Waals surface area contributed by atoms with Gasteiger partial charge in [-0.25, -0.2) is 0 Å². The van der Waals surface area contributed by atoms with Crippen LogP contribution in [0.1, 0.15) is 6.92 Å². The highest BCUT2D eigenvalue weighted by atomic mass is 32.2. The molecule has 0 bridgehead atoms. The molecule has 0 saturated heterocycles. The van der Waals surface area contributed by atoms with Crippen LogP contribution in [0.4, 0.5) is 0 Å². The fourth-order valence-corrected chi connectivity index (χ4v) is 0.381. The molecule has 0 rings (SSSR count). The molecule has 0 radical (unpaired) electrons. The van der Waals surface area contributed by atoms with Crippen molar-refractivity contribution >= 4 is 17.5 Å². The molecule has 0 aromatic heterocycles. The van der Waals surface area contributed by atoms with Gasteiger partial charge in [0, 0.05) is 0 Å². The summed E-state index contributed by atoms with van der Waals surface area (Å²) in [6, 6.07) is 0. The third-order valence-corrected chi connectivity index (χ3v) is 1.19. The second-order valence-electron chi connectivity index (χ2n) is 1.17. The first-order valence-electron chi connectivity index (χ1n) is 1.94. The molecule has 0 aromatic carbocycles. The lowest BCUT2D eigenvalue weighted by atomic mass is 10.4. The fourth-order valence-electron chi connectivity index (χ4n) is 0.127. The molecule has 2 nitrogen and oxygen atoms in total. The first-order chi connectivity index (χ1) is 3.68. The van der Waals surface area contributed by atoms with Crippen LogP contribution in [-0.4, -0.2) is 5.78 Å². The van der Waals surface area contributed by atoms with Crippen LogP contribution >= 0.6 is 11.8 Å². The average Bonchev–Trinajstić information content (AvgIpc) is 1.67. The van der Waals surface area contributed by atoms with Gasteiger partial charge in [0.15, 0.2) is 5.78 Å². The van der Waals surface area contributed by atoms with Gasteiger partial charge < -0.3 is 0 Å². The number of Topliss-reactive ketones (excluding diaryl/α,β-unsaturated/α-hetero) is 1. The van der Waals surface area contributed by atoms with E-state index in [4.69, 9.17) is 5.26 Å². The highest BCUT2D eigenvalue weighted by Gasteiger charge is 1.97. The summed E-state index contributed by atoms with van der Waals surface area (Å²) in [5.41, 5.74) is 0. The SMILES string of the molecule is C=C(SC#N)C(C)=O. The molecule has 0 N–H and O–H groups in total. The molecule has 0 spiro atoms. The monoisotopic (exact) mass is 127 g/mol. The number of carbonyl (C=O) groups is 1. The Morgan fingerprint density at radius 3 is 2.50 bits per heavy atom. The van der Waals surface area contributed by atoms with Crippen LogP contribution < -0.4 is 0 Å². The maximum absolute atomic E-state index is 10.3. The van der Waals surface area contributed by atoms with E-state index < -0.39 is 0 Å². The van der Waals surface area contributed by atoms with E-state index in [1.807, 2.05) is 0 Å². The van der Waals surface area contributed by atoms with Gasteiger partial charge in [0.25, 0.3) is 0 Å². The Morgan fingerprint density at radius 1 is 1.88 bits per heavy atom. The van der Waals surface area contributed by atoms with Crippen molar-refractivity contribution in [3.63, 3.8) is 0 Å². The quantitative estimate of drug-likeness (QED) is 0.414. The van der Waals surface area contributed by atoms with E-state index in [1.54, 1.807) is 5.40 Å². The minimum absolute atomic E-state index is 0.142. The number of hydrogen-bond donors (Lipinski definition) is 0. The summed E-state index contributed by atoms with van der Waals surface area (Å²) in [6.07, 6.45) is 0. The zero-order valence-corrected chi connectivity index (χ0v) is 5.29. The van der Waals surface area contributed by atoms with E-state index in [-0.39, 0.29) is 5.78 Å². The topological polar surface area (TPSA) is 40.9 Å². The molecule has 8 heavy (non-hydrogen) atoms. The highest BCUT2D eigenvalue weighted by molar-refractivity contribution is 8.08. The lowest BCUT2D eigenvalue weighted by Crippen LogP contribution is -1.86. The average molecular weight is 127 g/mol. The number of nitrogens with zero attached hydrogens (tertiary/aromatic N) is 1. The van der Waals surface area contributed by atoms with E-state index in [2.05, 4.69) is 6.58 Å². The molecule has 0 aliphatic heterocycles. The lowest BCUT2D eigenvalue weighted by Gasteiger charge is -1.86. The van der Waals surface area contributed by atoms with Crippen LogP contribution in [0.15, 0.2) is 11.5 Å². The molecule has 0 amide bonds. The number of carbonyl (C=O) groups excluding carboxylic acids is 1. The lowest BCUT2D eigenvalue weighted by molar-refractivity contribution is -0.112. The maximum Gasteiger partial charge on any atom is 0.166 e. The number of thiocyanates is 1. The molecule has 0 fully saturated rings. The van der Waals surface area contributed by atoms with Gasteiger partial charge in [0.1, 0.15) is 5.40 Å². The van der Waals surface area contributed by atoms with Crippen LogP contribution in [0, 0.1) is 10.7 Å². The van der Waals surface area contributed by atoms with E-state index in [0.717, 1.165) is 11.8 Å². The van der Waals surface area contributed by atoms with Gasteiger partial charge in [-0.15, -0.1) is 0 Å². The Morgan fingerprint density at radius 2 is 2.38 bits per heavy atom. The van der Waals surface area contributed by atoms with Crippen LogP contribution in [-0.2, 0) is 4.79 Å². The molecule has 0 aromatic rings. The third kappa shape index (κ3) is 2.43. The predicted octanol–water partition coefficient (Wildman–Crippen LogP) is 1.30. The number of hydrogen-bond acceptors (Lipinski definition) is 3. The molecule has 0 atom stereocenters. The molecule has 42 valence electrons. The molecule has 0 heterocycles. The van der Waals surface area contributed by atoms with Crippen LogP contribution in [0.3, 0.4) is 0 Å². The summed E-state index contributed by atoms with van der Waals surface area (Å²) in [7, 11) is 0. The van der Waals surface area contributed by atoms with Crippen LogP contribution in [0.25, 0.3) is 0 Å². The summed E-state index contributed by atoms with van der Waals surface area (Å²) in [5.74, 6) is -0.142. The predicted molar refractivity (Wildman–Crippen MR) is 33.0 cm³/mol. The smallest absolute Gasteiger partial charge is 0.166 e. The van der Waals surface area contributed by atoms with Crippen molar-refractivity contribution in [2.24, 2.45) is 0 Å². The van der Waals surface area contributed by atoms with E-state index >= 15 is 0 Å². The summed E-state index contributed by atoms with van der Waals surface area (Å²) >= 11 is 0.801. The number of ketones is 1. The van der Waals surface area contributed by atoms with Crippen molar-refractivity contribution in [1.29, 1.82) is 5.26 Å². The van der Waals surface area contributed by atoms with Crippen molar-refractivity contribution in [2.75, 3.05) is 0 Å². The number of thioether (sulfide) groups is 1. The standard InChI is InChI=1S/C5H5NOS/c1-4(7)5(2)8-3-6/h2H2,1H3. The molecule has 3 heteroatoms. The van der Waals surface area contributed by atoms with Gasteiger partial charge in [0.2, 0.25) is 0 Å². The van der Waals surface area contributed by atoms with E-state index in [0.29, 0.717) is 4.91 Å². The van der Waals surface area contributed by atoms with Crippen molar-refractivity contribution in [1.82, 2.24) is 0 Å². The largest absolute Gasteiger partial charge is 0.294 e. The Kier molecular flexibility index (Phi) is 2.97. The normalized spacial score (nSPS) is 7.50. The molecular formula is C5H5NOS. The molecule has 0 saturated carbocycles. The Balaban J connectivity index is 3.71. The molecule has 0 aliphatic carbocycles. The third-order valence-electron chi connectivity index (χ3n) is 0.562. The maximum atomic E-state index is 10.3. The Bertz CT molecular complexity index is 156. The van der Waals surface area contributed by atoms with E-state index in [9.17, 15) is 4.79 Å². The second-order valence-corrected chi connectivity index (χ2v) is 2.05. The minimum Gasteiger partial charge on any atom is -0.294 e. The fraction of sp³-hybridized carbons (Fsp3) is 0.200. The summed E-state index contributed by atoms with van der Waals surface area (Å²) in [6.45, 7) is 4.72. The van der Waals surface area contributed by atoms with Crippen molar-refractivity contribution in [3.05, 3.63) is 11.5 Å². The van der Waals surface area contributed by atoms with Gasteiger partial charge in [-0.3, -0.25) is 4.79 Å².